The van der Waals surface area contributed by atoms with Gasteiger partial charge in [-0.1, -0.05) is 40.7 Å². The number of ketones is 1. The maximum absolute atomic E-state index is 13.4. The quantitative estimate of drug-likeness (QED) is 0.647. The molecule has 35 heavy (non-hydrogen) atoms. The molecular formula is C27H34N2O5S. The van der Waals surface area contributed by atoms with Gasteiger partial charge in [0.15, 0.2) is 17.3 Å². The zero-order valence-electron chi connectivity index (χ0n) is 21.1. The molecule has 8 heteroatoms. The molecule has 1 fully saturated rings. The fourth-order valence-corrected chi connectivity index (χ4v) is 5.57. The molecule has 3 heterocycles. The summed E-state index contributed by atoms with van der Waals surface area (Å²) in [5, 5.41) is 0. The second-order valence-electron chi connectivity index (χ2n) is 10.7. The molecule has 0 spiro atoms. The minimum Gasteiger partial charge on any atom is -0.486 e. The smallest absolute Gasteiger partial charge is 0.269 e. The van der Waals surface area contributed by atoms with Crippen molar-refractivity contribution in [1.29, 1.82) is 0 Å². The monoisotopic (exact) mass is 498 g/mol. The van der Waals surface area contributed by atoms with E-state index in [-0.39, 0.29) is 23.8 Å². The van der Waals surface area contributed by atoms with Crippen LogP contribution in [-0.4, -0.2) is 47.5 Å². The van der Waals surface area contributed by atoms with E-state index in [9.17, 15) is 14.4 Å². The maximum Gasteiger partial charge on any atom is 0.269 e. The van der Waals surface area contributed by atoms with Crippen LogP contribution < -0.4 is 24.2 Å². The average Bonchev–Trinajstić information content (AvgIpc) is 3.06. The summed E-state index contributed by atoms with van der Waals surface area (Å²) in [6.45, 7) is 12.1. The number of piperidine rings is 1. The van der Waals surface area contributed by atoms with Gasteiger partial charge in [0.05, 0.1) is 4.53 Å². The Morgan fingerprint density at radius 1 is 1.09 bits per heavy atom. The van der Waals surface area contributed by atoms with E-state index in [1.165, 1.54) is 22.0 Å². The van der Waals surface area contributed by atoms with Crippen LogP contribution in [0, 0.1) is 17.3 Å². The first kappa shape index (κ1) is 25.2. The Labute approximate surface area is 209 Å². The molecule has 188 valence electrons. The summed E-state index contributed by atoms with van der Waals surface area (Å²) in [7, 11) is 0. The molecule has 0 radical (unpaired) electrons. The Hall–Kier alpha value is -2.87. The van der Waals surface area contributed by atoms with E-state index in [1.807, 2.05) is 43.9 Å². The topological polar surface area (TPSA) is 77.8 Å². The van der Waals surface area contributed by atoms with Gasteiger partial charge >= 0.3 is 0 Å². The van der Waals surface area contributed by atoms with Crippen LogP contribution in [0.4, 0.5) is 0 Å². The molecule has 2 atom stereocenters. The third-order valence-electron chi connectivity index (χ3n) is 6.31. The number of amides is 1. The summed E-state index contributed by atoms with van der Waals surface area (Å²) < 4.78 is 13.6. The van der Waals surface area contributed by atoms with Crippen LogP contribution in [0.5, 0.6) is 11.5 Å². The van der Waals surface area contributed by atoms with E-state index < -0.39 is 5.41 Å². The number of carbonyl (C=O) groups is 2. The lowest BCUT2D eigenvalue weighted by Gasteiger charge is -2.35. The first-order valence-electron chi connectivity index (χ1n) is 12.2. The van der Waals surface area contributed by atoms with E-state index in [0.717, 1.165) is 12.0 Å². The molecule has 1 amide bonds. The Bertz CT molecular complexity index is 1290. The van der Waals surface area contributed by atoms with Gasteiger partial charge in [0.25, 0.3) is 5.56 Å². The number of thiazole rings is 1. The van der Waals surface area contributed by atoms with Gasteiger partial charge in [-0.15, -0.1) is 11.3 Å². The molecule has 2 unspecified atom stereocenters. The van der Waals surface area contributed by atoms with Gasteiger partial charge < -0.3 is 14.4 Å². The number of nitrogens with zero attached hydrogens (tertiary/aromatic N) is 2. The normalized spacial score (nSPS) is 21.3. The highest BCUT2D eigenvalue weighted by atomic mass is 32.1. The number of hydrogen-bond donors (Lipinski definition) is 0. The third kappa shape index (κ3) is 5.86. The Balaban J connectivity index is 1.74. The van der Waals surface area contributed by atoms with Crippen LogP contribution in [0.15, 0.2) is 23.0 Å². The highest BCUT2D eigenvalue weighted by Gasteiger charge is 2.26. The van der Waals surface area contributed by atoms with Gasteiger partial charge in [0, 0.05) is 24.6 Å². The van der Waals surface area contributed by atoms with Gasteiger partial charge in [-0.05, 0) is 42.0 Å². The van der Waals surface area contributed by atoms with Crippen LogP contribution in [0.3, 0.4) is 0 Å². The second-order valence-corrected chi connectivity index (χ2v) is 11.8. The molecule has 2 aromatic rings. The number of carbonyl (C=O) groups excluding carboxylic acids is 2. The van der Waals surface area contributed by atoms with Gasteiger partial charge in [0.2, 0.25) is 5.91 Å². The lowest BCUT2D eigenvalue weighted by Crippen LogP contribution is -2.46. The number of rotatable bonds is 4. The predicted molar refractivity (Wildman–Crippen MR) is 137 cm³/mol. The fourth-order valence-electron chi connectivity index (χ4n) is 4.52. The van der Waals surface area contributed by atoms with Gasteiger partial charge in [0.1, 0.15) is 24.4 Å². The maximum atomic E-state index is 13.4. The van der Waals surface area contributed by atoms with Crippen LogP contribution in [0.1, 0.15) is 46.6 Å². The number of Topliss-reactive ketones (excluding diaryl/α,β-unsaturated/α-hetero) is 1. The molecule has 2 aliphatic rings. The Morgan fingerprint density at radius 3 is 2.40 bits per heavy atom. The fraction of sp³-hybridized carbons (Fsp3) is 0.519. The van der Waals surface area contributed by atoms with E-state index >= 15 is 0 Å². The van der Waals surface area contributed by atoms with Crippen molar-refractivity contribution in [3.63, 3.8) is 0 Å². The molecule has 0 aliphatic carbocycles. The number of fused-ring (bicyclic) bond motifs is 1. The molecule has 1 aromatic heterocycles. The number of aromatic nitrogens is 1. The minimum absolute atomic E-state index is 0.0764. The lowest BCUT2D eigenvalue weighted by atomic mass is 9.91. The molecule has 1 aromatic carbocycles. The largest absolute Gasteiger partial charge is 0.486 e. The van der Waals surface area contributed by atoms with Crippen LogP contribution in [-0.2, 0) is 16.1 Å². The molecule has 2 aliphatic heterocycles. The van der Waals surface area contributed by atoms with Crippen LogP contribution in [0.2, 0.25) is 0 Å². The predicted octanol–water partition coefficient (Wildman–Crippen LogP) is 2.41. The molecule has 0 saturated carbocycles. The summed E-state index contributed by atoms with van der Waals surface area (Å²) in [4.78, 5) is 41.3. The van der Waals surface area contributed by atoms with E-state index in [2.05, 4.69) is 13.8 Å². The molecule has 4 rings (SSSR count). The molecule has 0 bridgehead atoms. The van der Waals surface area contributed by atoms with Gasteiger partial charge in [-0.25, -0.2) is 0 Å². The molecule has 7 nitrogen and oxygen atoms in total. The van der Waals surface area contributed by atoms with Crippen molar-refractivity contribution in [2.45, 2.75) is 47.6 Å². The SMILES string of the molecule is CC1CC(C)CN(C(=O)Cn2c(=CC(=O)C(C)(C)C)sc(=Cc3ccc4c(c3)OCCO4)c2=O)C1. The molecule has 0 N–H and O–H groups in total. The Kier molecular flexibility index (Phi) is 7.22. The summed E-state index contributed by atoms with van der Waals surface area (Å²) in [5.74, 6) is 1.99. The summed E-state index contributed by atoms with van der Waals surface area (Å²) >= 11 is 1.23. The second kappa shape index (κ2) is 10.0. The van der Waals surface area contributed by atoms with Gasteiger partial charge in [-0.2, -0.15) is 0 Å². The van der Waals surface area contributed by atoms with Gasteiger partial charge in [-0.3, -0.25) is 19.0 Å². The van der Waals surface area contributed by atoms with Crippen LogP contribution in [0.25, 0.3) is 12.2 Å². The minimum atomic E-state index is -0.591. The zero-order valence-corrected chi connectivity index (χ0v) is 21.9. The molecular weight excluding hydrogens is 464 g/mol. The van der Waals surface area contributed by atoms with E-state index in [0.29, 0.717) is 58.8 Å². The molecule has 1 saturated heterocycles. The summed E-state index contributed by atoms with van der Waals surface area (Å²) in [6, 6.07) is 5.52. The Morgan fingerprint density at radius 2 is 1.74 bits per heavy atom. The van der Waals surface area contributed by atoms with Crippen molar-refractivity contribution in [3.8, 4) is 11.5 Å². The van der Waals surface area contributed by atoms with Crippen molar-refractivity contribution in [1.82, 2.24) is 9.47 Å². The summed E-state index contributed by atoms with van der Waals surface area (Å²) in [6.07, 6.45) is 4.37. The lowest BCUT2D eigenvalue weighted by molar-refractivity contribution is -0.134. The number of ether oxygens (including phenoxy) is 2. The van der Waals surface area contributed by atoms with Crippen molar-refractivity contribution >= 4 is 35.2 Å². The first-order valence-corrected chi connectivity index (χ1v) is 13.0. The van der Waals surface area contributed by atoms with E-state index in [1.54, 1.807) is 6.08 Å². The van der Waals surface area contributed by atoms with E-state index in [4.69, 9.17) is 9.47 Å². The van der Waals surface area contributed by atoms with Crippen molar-refractivity contribution in [2.75, 3.05) is 26.3 Å². The highest BCUT2D eigenvalue weighted by Crippen LogP contribution is 2.30. The van der Waals surface area contributed by atoms with Crippen molar-refractivity contribution in [2.24, 2.45) is 17.3 Å². The van der Waals surface area contributed by atoms with Crippen LogP contribution >= 0.6 is 11.3 Å². The number of likely N-dealkylation sites (tertiary alicyclic amines) is 1. The first-order chi connectivity index (χ1) is 16.5. The highest BCUT2D eigenvalue weighted by molar-refractivity contribution is 7.07. The number of hydrogen-bond acceptors (Lipinski definition) is 6. The average molecular weight is 499 g/mol. The van der Waals surface area contributed by atoms with Crippen molar-refractivity contribution < 1.29 is 19.1 Å². The third-order valence-corrected chi connectivity index (χ3v) is 7.37. The zero-order chi connectivity index (χ0) is 25.3. The van der Waals surface area contributed by atoms with Crippen molar-refractivity contribution in [3.05, 3.63) is 43.3 Å². The standard InChI is InChI=1S/C27H34N2O5S/c1-17-10-18(2)15-28(14-17)24(31)16-29-25(13-23(30)27(3,4)5)35-22(26(29)32)12-19-6-7-20-21(11-19)34-9-8-33-20/h6-7,11-13,17-18H,8-10,14-16H2,1-5H3. The summed E-state index contributed by atoms with van der Waals surface area (Å²) in [5.41, 5.74) is -0.0745. The number of benzene rings is 1.